The van der Waals surface area contributed by atoms with Gasteiger partial charge in [0.2, 0.25) is 0 Å². The van der Waals surface area contributed by atoms with E-state index in [1.54, 1.807) is 29.2 Å². The zero-order valence-electron chi connectivity index (χ0n) is 16.6. The number of fused-ring (bicyclic) bond motifs is 1. The van der Waals surface area contributed by atoms with E-state index in [1.165, 1.54) is 13.0 Å². The standard InChI is InChI=1S/C22H24F3N3O/c1-4-28(5-2)21(29)20-18(14-9-7-6-8-10-14)19-16(27-20)12-11-15(22(23,24)25)17(19)13(3)26/h6-13,27H,4-5,26H2,1-3H3. The van der Waals surface area contributed by atoms with E-state index in [0.717, 1.165) is 6.07 Å². The molecule has 0 saturated heterocycles. The summed E-state index contributed by atoms with van der Waals surface area (Å²) in [5.41, 5.74) is 7.07. The molecule has 154 valence electrons. The highest BCUT2D eigenvalue weighted by molar-refractivity contribution is 6.11. The van der Waals surface area contributed by atoms with Crippen LogP contribution in [0.2, 0.25) is 0 Å². The van der Waals surface area contributed by atoms with E-state index in [9.17, 15) is 18.0 Å². The Kier molecular flexibility index (Phi) is 5.71. The molecule has 4 nitrogen and oxygen atoms in total. The molecule has 7 heteroatoms. The van der Waals surface area contributed by atoms with Gasteiger partial charge in [-0.1, -0.05) is 30.3 Å². The number of H-pyrrole nitrogens is 1. The van der Waals surface area contributed by atoms with Gasteiger partial charge in [-0.15, -0.1) is 0 Å². The minimum absolute atomic E-state index is 0.0105. The summed E-state index contributed by atoms with van der Waals surface area (Å²) in [4.78, 5) is 17.9. The van der Waals surface area contributed by atoms with Crippen LogP contribution in [0.4, 0.5) is 13.2 Å². The number of alkyl halides is 3. The van der Waals surface area contributed by atoms with Gasteiger partial charge in [0.25, 0.3) is 5.91 Å². The third kappa shape index (κ3) is 3.74. The van der Waals surface area contributed by atoms with Crippen molar-refractivity contribution in [2.45, 2.75) is 33.0 Å². The number of carbonyl (C=O) groups excluding carboxylic acids is 1. The molecule has 3 N–H and O–H groups in total. The highest BCUT2D eigenvalue weighted by Crippen LogP contribution is 2.43. The summed E-state index contributed by atoms with van der Waals surface area (Å²) in [6, 6.07) is 10.5. The van der Waals surface area contributed by atoms with E-state index in [-0.39, 0.29) is 17.2 Å². The molecule has 1 aromatic heterocycles. The van der Waals surface area contributed by atoms with Gasteiger partial charge in [0.05, 0.1) is 5.56 Å². The van der Waals surface area contributed by atoms with Gasteiger partial charge in [-0.05, 0) is 44.0 Å². The maximum Gasteiger partial charge on any atom is 0.416 e. The Morgan fingerprint density at radius 1 is 1.10 bits per heavy atom. The second kappa shape index (κ2) is 7.91. The van der Waals surface area contributed by atoms with Crippen molar-refractivity contribution in [1.82, 2.24) is 9.88 Å². The van der Waals surface area contributed by atoms with Gasteiger partial charge in [-0.25, -0.2) is 0 Å². The van der Waals surface area contributed by atoms with Gasteiger partial charge in [-0.3, -0.25) is 4.79 Å². The van der Waals surface area contributed by atoms with Crippen LogP contribution in [-0.2, 0) is 6.18 Å². The van der Waals surface area contributed by atoms with E-state index >= 15 is 0 Å². The molecule has 1 heterocycles. The first-order valence-electron chi connectivity index (χ1n) is 9.56. The zero-order chi connectivity index (χ0) is 21.3. The summed E-state index contributed by atoms with van der Waals surface area (Å²) in [6.45, 7) is 6.24. The average molecular weight is 403 g/mol. The Bertz CT molecular complexity index is 1020. The molecular weight excluding hydrogens is 379 g/mol. The number of nitrogens with two attached hydrogens (primary N) is 1. The molecule has 1 unspecified atom stereocenters. The van der Waals surface area contributed by atoms with Gasteiger partial charge in [-0.2, -0.15) is 13.2 Å². The lowest BCUT2D eigenvalue weighted by molar-refractivity contribution is -0.138. The average Bonchev–Trinajstić information content (AvgIpc) is 3.07. The molecule has 0 saturated carbocycles. The van der Waals surface area contributed by atoms with Crippen LogP contribution in [0.25, 0.3) is 22.0 Å². The topological polar surface area (TPSA) is 62.1 Å². The second-order valence-corrected chi connectivity index (χ2v) is 6.95. The first kappa shape index (κ1) is 20.9. The van der Waals surface area contributed by atoms with E-state index < -0.39 is 17.8 Å². The lowest BCUT2D eigenvalue weighted by Crippen LogP contribution is -2.31. The molecule has 0 radical (unpaired) electrons. The normalized spacial score (nSPS) is 12.9. The lowest BCUT2D eigenvalue weighted by atomic mass is 9.91. The van der Waals surface area contributed by atoms with Crippen LogP contribution in [0, 0.1) is 0 Å². The SMILES string of the molecule is CCN(CC)C(=O)c1[nH]c2ccc(C(F)(F)F)c(C(C)N)c2c1-c1ccccc1. The van der Waals surface area contributed by atoms with E-state index in [2.05, 4.69) is 4.98 Å². The first-order valence-corrected chi connectivity index (χ1v) is 9.56. The number of benzene rings is 2. The van der Waals surface area contributed by atoms with Crippen molar-refractivity contribution in [1.29, 1.82) is 0 Å². The Morgan fingerprint density at radius 3 is 2.24 bits per heavy atom. The van der Waals surface area contributed by atoms with E-state index in [0.29, 0.717) is 35.1 Å². The Balaban J connectivity index is 2.45. The summed E-state index contributed by atoms with van der Waals surface area (Å²) >= 11 is 0. The molecule has 0 aliphatic carbocycles. The van der Waals surface area contributed by atoms with Crippen LogP contribution >= 0.6 is 0 Å². The molecule has 0 aliphatic rings. The molecule has 1 atom stereocenters. The largest absolute Gasteiger partial charge is 0.416 e. The highest BCUT2D eigenvalue weighted by Gasteiger charge is 2.36. The summed E-state index contributed by atoms with van der Waals surface area (Å²) in [5, 5.41) is 0.344. The first-order chi connectivity index (χ1) is 13.7. The predicted molar refractivity (Wildman–Crippen MR) is 109 cm³/mol. The predicted octanol–water partition coefficient (Wildman–Crippen LogP) is 5.36. The van der Waals surface area contributed by atoms with Gasteiger partial charge in [0.1, 0.15) is 5.69 Å². The Morgan fingerprint density at radius 2 is 1.72 bits per heavy atom. The van der Waals surface area contributed by atoms with Crippen LogP contribution in [0.5, 0.6) is 0 Å². The van der Waals surface area contributed by atoms with Gasteiger partial charge >= 0.3 is 6.18 Å². The zero-order valence-corrected chi connectivity index (χ0v) is 16.6. The fourth-order valence-electron chi connectivity index (χ4n) is 3.76. The van der Waals surface area contributed by atoms with Crippen LogP contribution in [0.1, 0.15) is 48.4 Å². The third-order valence-electron chi connectivity index (χ3n) is 5.09. The van der Waals surface area contributed by atoms with E-state index in [1.807, 2.05) is 19.9 Å². The van der Waals surface area contributed by atoms with E-state index in [4.69, 9.17) is 5.73 Å². The van der Waals surface area contributed by atoms with Crippen molar-refractivity contribution < 1.29 is 18.0 Å². The molecule has 0 fully saturated rings. The number of carbonyl (C=O) groups is 1. The quantitative estimate of drug-likeness (QED) is 0.603. The number of aromatic nitrogens is 1. The van der Waals surface area contributed by atoms with Crippen LogP contribution in [0.3, 0.4) is 0 Å². The lowest BCUT2D eigenvalue weighted by Gasteiger charge is -2.20. The minimum atomic E-state index is -4.55. The number of nitrogens with zero attached hydrogens (tertiary/aromatic N) is 1. The number of amides is 1. The maximum atomic E-state index is 13.7. The summed E-state index contributed by atoms with van der Waals surface area (Å²) in [7, 11) is 0. The summed E-state index contributed by atoms with van der Waals surface area (Å²) in [5.74, 6) is -0.255. The van der Waals surface area contributed by atoms with Crippen molar-refractivity contribution in [3.8, 4) is 11.1 Å². The fourth-order valence-corrected chi connectivity index (χ4v) is 3.76. The van der Waals surface area contributed by atoms with Crippen molar-refractivity contribution in [2.24, 2.45) is 5.73 Å². The molecule has 0 spiro atoms. The number of hydrogen-bond acceptors (Lipinski definition) is 2. The molecular formula is C22H24F3N3O. The van der Waals surface area contributed by atoms with Crippen molar-refractivity contribution in [2.75, 3.05) is 13.1 Å². The third-order valence-corrected chi connectivity index (χ3v) is 5.09. The van der Waals surface area contributed by atoms with Gasteiger partial charge in [0, 0.05) is 35.6 Å². The second-order valence-electron chi connectivity index (χ2n) is 6.95. The number of halogens is 3. The summed E-state index contributed by atoms with van der Waals surface area (Å²) in [6.07, 6.45) is -4.55. The molecule has 2 aromatic carbocycles. The number of aromatic amines is 1. The Hall–Kier alpha value is -2.80. The number of nitrogens with one attached hydrogen (secondary N) is 1. The highest BCUT2D eigenvalue weighted by atomic mass is 19.4. The number of rotatable bonds is 5. The molecule has 3 rings (SSSR count). The van der Waals surface area contributed by atoms with Gasteiger partial charge < -0.3 is 15.6 Å². The summed E-state index contributed by atoms with van der Waals surface area (Å²) < 4.78 is 41.2. The number of hydrogen-bond donors (Lipinski definition) is 2. The molecule has 0 bridgehead atoms. The van der Waals surface area contributed by atoms with Crippen molar-refractivity contribution in [3.63, 3.8) is 0 Å². The molecule has 1 amide bonds. The molecule has 29 heavy (non-hydrogen) atoms. The van der Waals surface area contributed by atoms with Crippen LogP contribution < -0.4 is 5.73 Å². The fraction of sp³-hybridized carbons (Fsp3) is 0.318. The van der Waals surface area contributed by atoms with Crippen molar-refractivity contribution in [3.05, 3.63) is 59.3 Å². The van der Waals surface area contributed by atoms with Crippen LogP contribution in [0.15, 0.2) is 42.5 Å². The maximum absolute atomic E-state index is 13.7. The minimum Gasteiger partial charge on any atom is -0.350 e. The molecule has 0 aliphatic heterocycles. The van der Waals surface area contributed by atoms with Crippen molar-refractivity contribution >= 4 is 16.8 Å². The molecule has 3 aromatic rings. The monoisotopic (exact) mass is 403 g/mol. The van der Waals surface area contributed by atoms with Crippen LogP contribution in [-0.4, -0.2) is 28.9 Å². The smallest absolute Gasteiger partial charge is 0.350 e. The Labute approximate surface area is 167 Å². The van der Waals surface area contributed by atoms with Gasteiger partial charge in [0.15, 0.2) is 0 Å².